The Morgan fingerprint density at radius 2 is 1.39 bits per heavy atom. The van der Waals surface area contributed by atoms with Crippen LogP contribution in [0.25, 0.3) is 38.6 Å². The number of para-hydroxylation sites is 2. The molecule has 0 amide bonds. The van der Waals surface area contributed by atoms with Crippen molar-refractivity contribution in [2.24, 2.45) is 0 Å². The van der Waals surface area contributed by atoms with Crippen molar-refractivity contribution in [3.05, 3.63) is 180 Å². The molecule has 0 fully saturated rings. The van der Waals surface area contributed by atoms with Gasteiger partial charge >= 0.3 is 17.6 Å². The zero-order valence-corrected chi connectivity index (χ0v) is 28.6. The standard InChI is InChI=1S/C43H26N5.Pt/c1-46-28-47(42-41(46)44-24-25-45-42)32-15-11-12-29(26-32)43(37-19-8-5-16-33(37)34-17-6-9-20-38(34)43)30-22-23-40-36(27-30)35-18-7-10-21-39(35)48(40)31-13-3-2-4-14-31;/h2-13,15-21,23-25,27H,1H3;/q-1;. The SMILES string of the molecule is C[N+]1=C=[N+](c2[c-]c(C3(c4[c-]cc5c(c4)c4ccccc4n5-c4[c-]cccc4)c4ccccc4-c4ccccc43)ccc2)c2nccnc21.[Pt]. The fraction of sp³-hybridized carbons (Fsp3) is 0.0465. The van der Waals surface area contributed by atoms with E-state index >= 15 is 0 Å². The third-order valence-electron chi connectivity index (χ3n) is 9.76. The minimum absolute atomic E-state index is 0. The van der Waals surface area contributed by atoms with Crippen LogP contribution in [0.3, 0.4) is 0 Å². The first-order chi connectivity index (χ1) is 23.7. The van der Waals surface area contributed by atoms with E-state index in [2.05, 4.69) is 154 Å². The van der Waals surface area contributed by atoms with Gasteiger partial charge in [-0.25, -0.2) is 0 Å². The minimum atomic E-state index is -0.684. The molecular formula is C43H26N5Pt-. The van der Waals surface area contributed by atoms with Crippen LogP contribution in [-0.2, 0) is 26.5 Å². The van der Waals surface area contributed by atoms with Crippen LogP contribution in [0.2, 0.25) is 0 Å². The van der Waals surface area contributed by atoms with Gasteiger partial charge < -0.3 is 4.57 Å². The molecule has 1 aliphatic heterocycles. The summed E-state index contributed by atoms with van der Waals surface area (Å²) in [6.45, 7) is 0. The van der Waals surface area contributed by atoms with Gasteiger partial charge in [0.05, 0.1) is 11.9 Å². The zero-order valence-electron chi connectivity index (χ0n) is 26.3. The van der Waals surface area contributed by atoms with Crippen LogP contribution >= 0.6 is 0 Å². The molecule has 8 aromatic rings. The summed E-state index contributed by atoms with van der Waals surface area (Å²) in [5.41, 5.74) is 10.3. The molecule has 234 valence electrons. The van der Waals surface area contributed by atoms with E-state index < -0.39 is 5.41 Å². The first-order valence-electron chi connectivity index (χ1n) is 16.0. The van der Waals surface area contributed by atoms with E-state index in [1.165, 1.54) is 33.0 Å². The molecule has 0 spiro atoms. The molecule has 5 nitrogen and oxygen atoms in total. The number of rotatable bonds is 4. The molecular weight excluding hydrogens is 782 g/mol. The van der Waals surface area contributed by atoms with Crippen LogP contribution in [0.4, 0.5) is 17.3 Å². The maximum absolute atomic E-state index is 4.66. The van der Waals surface area contributed by atoms with Crippen LogP contribution < -0.4 is 4.58 Å². The van der Waals surface area contributed by atoms with Gasteiger partial charge in [-0.1, -0.05) is 77.9 Å². The molecule has 6 aromatic carbocycles. The first-order valence-corrected chi connectivity index (χ1v) is 16.0. The Kier molecular flexibility index (Phi) is 6.71. The number of hydrogen-bond acceptors (Lipinski definition) is 2. The fourth-order valence-electron chi connectivity index (χ4n) is 7.81. The predicted octanol–water partition coefficient (Wildman–Crippen LogP) is 8.63. The van der Waals surface area contributed by atoms with Crippen LogP contribution in [0, 0.1) is 18.2 Å². The largest absolute Gasteiger partial charge is 0.474 e. The summed E-state index contributed by atoms with van der Waals surface area (Å²) in [5, 5.41) is 2.35. The second-order valence-electron chi connectivity index (χ2n) is 12.2. The molecule has 2 aliphatic rings. The Hall–Kier alpha value is -5.73. The summed E-state index contributed by atoms with van der Waals surface area (Å²) in [7, 11) is 1.94. The number of hydrogen-bond donors (Lipinski definition) is 0. The molecule has 0 unspecified atom stereocenters. The van der Waals surface area contributed by atoms with Crippen LogP contribution in [-0.4, -0.2) is 32.2 Å². The zero-order chi connectivity index (χ0) is 31.8. The van der Waals surface area contributed by atoms with Gasteiger partial charge in [-0.05, 0) is 33.7 Å². The molecule has 0 bridgehead atoms. The van der Waals surface area contributed by atoms with Crippen LogP contribution in [0.15, 0.2) is 140 Å². The fourth-order valence-corrected chi connectivity index (χ4v) is 7.81. The number of benzene rings is 6. The summed E-state index contributed by atoms with van der Waals surface area (Å²) < 4.78 is 6.11. The number of fused-ring (bicyclic) bond motifs is 7. The third-order valence-corrected chi connectivity index (χ3v) is 9.76. The summed E-state index contributed by atoms with van der Waals surface area (Å²) in [5.74, 6) is 1.49. The second-order valence-corrected chi connectivity index (χ2v) is 12.2. The second kappa shape index (κ2) is 11.2. The van der Waals surface area contributed by atoms with Crippen molar-refractivity contribution in [3.8, 4) is 16.8 Å². The van der Waals surface area contributed by atoms with Gasteiger partial charge in [-0.2, -0.15) is 59.6 Å². The molecule has 49 heavy (non-hydrogen) atoms. The van der Waals surface area contributed by atoms with Gasteiger partial charge in [-0.15, -0.1) is 43.9 Å². The van der Waals surface area contributed by atoms with Crippen molar-refractivity contribution in [2.45, 2.75) is 5.41 Å². The average molecular weight is 808 g/mol. The molecule has 0 radical (unpaired) electrons. The van der Waals surface area contributed by atoms with E-state index in [0.29, 0.717) is 0 Å². The van der Waals surface area contributed by atoms with Gasteiger partial charge in [0, 0.05) is 37.0 Å². The topological polar surface area (TPSA) is 36.7 Å². The molecule has 10 rings (SSSR count). The molecule has 0 saturated heterocycles. The molecule has 0 atom stereocenters. The van der Waals surface area contributed by atoms with E-state index in [1.54, 1.807) is 12.4 Å². The average Bonchev–Trinajstić information content (AvgIpc) is 3.78. The molecule has 0 saturated carbocycles. The maximum Gasteiger partial charge on any atom is 0.474 e. The maximum atomic E-state index is 4.66. The Morgan fingerprint density at radius 1 is 0.673 bits per heavy atom. The van der Waals surface area contributed by atoms with Crippen molar-refractivity contribution in [3.63, 3.8) is 0 Å². The predicted molar refractivity (Wildman–Crippen MR) is 189 cm³/mol. The van der Waals surface area contributed by atoms with E-state index in [9.17, 15) is 0 Å². The first kappa shape index (κ1) is 29.4. The Bertz CT molecular complexity index is 2640. The van der Waals surface area contributed by atoms with E-state index in [-0.39, 0.29) is 21.1 Å². The van der Waals surface area contributed by atoms with Gasteiger partial charge in [-0.3, -0.25) is 0 Å². The quantitative estimate of drug-likeness (QED) is 0.132. The number of aromatic nitrogens is 3. The van der Waals surface area contributed by atoms with Crippen molar-refractivity contribution in [2.75, 3.05) is 7.05 Å². The van der Waals surface area contributed by atoms with E-state index in [1.807, 2.05) is 28.3 Å². The summed E-state index contributed by atoms with van der Waals surface area (Å²) in [6, 6.07) is 59.7. The van der Waals surface area contributed by atoms with Crippen molar-refractivity contribution >= 4 is 45.1 Å². The van der Waals surface area contributed by atoms with E-state index in [0.717, 1.165) is 45.2 Å². The molecule has 3 heterocycles. The van der Waals surface area contributed by atoms with Crippen LogP contribution in [0.1, 0.15) is 22.3 Å². The van der Waals surface area contributed by atoms with Crippen molar-refractivity contribution < 1.29 is 25.6 Å². The van der Waals surface area contributed by atoms with Crippen molar-refractivity contribution in [1.82, 2.24) is 19.1 Å². The van der Waals surface area contributed by atoms with Gasteiger partial charge in [0.2, 0.25) is 0 Å². The van der Waals surface area contributed by atoms with Gasteiger partial charge in [0.15, 0.2) is 6.20 Å². The van der Waals surface area contributed by atoms with Gasteiger partial charge in [0.25, 0.3) is 0 Å². The minimum Gasteiger partial charge on any atom is -0.387 e. The normalized spacial score (nSPS) is 13.7. The van der Waals surface area contributed by atoms with Crippen molar-refractivity contribution in [1.29, 1.82) is 0 Å². The monoisotopic (exact) mass is 807 g/mol. The molecule has 0 N–H and O–H groups in total. The summed E-state index contributed by atoms with van der Waals surface area (Å²) in [4.78, 5) is 9.21. The summed E-state index contributed by atoms with van der Waals surface area (Å²) >= 11 is 0. The summed E-state index contributed by atoms with van der Waals surface area (Å²) in [6.07, 6.45) is 3.43. The molecule has 1 aliphatic carbocycles. The van der Waals surface area contributed by atoms with E-state index in [4.69, 9.17) is 0 Å². The Labute approximate surface area is 298 Å². The number of nitrogens with zero attached hydrogens (tertiary/aromatic N) is 5. The smallest absolute Gasteiger partial charge is 0.387 e. The van der Waals surface area contributed by atoms with Gasteiger partial charge in [0.1, 0.15) is 7.05 Å². The molecule has 6 heteroatoms. The van der Waals surface area contributed by atoms with Crippen LogP contribution in [0.5, 0.6) is 0 Å². The Balaban J connectivity index is 0.00000325. The molecule has 2 aromatic heterocycles. The Morgan fingerprint density at radius 3 is 2.16 bits per heavy atom. The third kappa shape index (κ3) is 4.10.